The minimum atomic E-state index is -2.81. The van der Waals surface area contributed by atoms with E-state index in [2.05, 4.69) is 4.74 Å². The van der Waals surface area contributed by atoms with Crippen LogP contribution in [0.3, 0.4) is 0 Å². The summed E-state index contributed by atoms with van der Waals surface area (Å²) in [7, 11) is 0. The molecule has 0 aromatic carbocycles. The Balaban J connectivity index is 2.49. The summed E-state index contributed by atoms with van der Waals surface area (Å²) in [4.78, 5) is 0. The zero-order chi connectivity index (χ0) is 6.91. The van der Waals surface area contributed by atoms with Crippen molar-refractivity contribution in [2.75, 3.05) is 13.2 Å². The Kier molecular flexibility index (Phi) is 1.68. The van der Waals surface area contributed by atoms with Gasteiger partial charge in [0.2, 0.25) is 0 Å². The maximum absolute atomic E-state index is 12.3. The number of hydrogen-bond donors (Lipinski definition) is 1. The summed E-state index contributed by atoms with van der Waals surface area (Å²) >= 11 is 0. The fraction of sp³-hybridized carbons (Fsp3) is 1.00. The Hall–Kier alpha value is -0.220. The van der Waals surface area contributed by atoms with E-state index in [0.717, 1.165) is 0 Å². The predicted octanol–water partition coefficient (Wildman–Crippen LogP) is 0.369. The predicted molar refractivity (Wildman–Crippen MR) is 28.4 cm³/mol. The fourth-order valence-corrected chi connectivity index (χ4v) is 0.737. The third-order valence-electron chi connectivity index (χ3n) is 1.41. The van der Waals surface area contributed by atoms with Crippen LogP contribution in [-0.4, -0.2) is 25.2 Å². The molecule has 0 saturated carbocycles. The van der Waals surface area contributed by atoms with Crippen LogP contribution in [0.2, 0.25) is 0 Å². The second-order valence-electron chi connectivity index (χ2n) is 2.21. The first-order valence-corrected chi connectivity index (χ1v) is 2.84. The van der Waals surface area contributed by atoms with Crippen LogP contribution in [-0.2, 0) is 4.74 Å². The van der Waals surface area contributed by atoms with Crippen molar-refractivity contribution >= 4 is 0 Å². The summed E-state index contributed by atoms with van der Waals surface area (Å²) in [6.45, 7) is -0.162. The summed E-state index contributed by atoms with van der Waals surface area (Å²) < 4.78 is 29.2. The van der Waals surface area contributed by atoms with Crippen molar-refractivity contribution in [3.63, 3.8) is 0 Å². The summed E-state index contributed by atoms with van der Waals surface area (Å²) in [5.74, 6) is -2.81. The molecule has 1 rings (SSSR count). The first kappa shape index (κ1) is 6.89. The summed E-state index contributed by atoms with van der Waals surface area (Å²) in [6, 6.07) is -1.01. The molecule has 1 aliphatic rings. The molecule has 1 atom stereocenters. The van der Waals surface area contributed by atoms with E-state index in [0.29, 0.717) is 6.61 Å². The Morgan fingerprint density at radius 1 is 1.56 bits per heavy atom. The summed E-state index contributed by atoms with van der Waals surface area (Å²) in [5, 5.41) is 0. The highest BCUT2D eigenvalue weighted by Gasteiger charge is 2.39. The fourth-order valence-electron chi connectivity index (χ4n) is 0.737. The van der Waals surface area contributed by atoms with Crippen LogP contribution in [0, 0.1) is 0 Å². The van der Waals surface area contributed by atoms with Gasteiger partial charge in [-0.2, -0.15) is 0 Å². The van der Waals surface area contributed by atoms with Crippen molar-refractivity contribution in [2.24, 2.45) is 5.73 Å². The van der Waals surface area contributed by atoms with E-state index in [4.69, 9.17) is 5.73 Å². The van der Waals surface area contributed by atoms with Crippen molar-refractivity contribution in [3.05, 3.63) is 0 Å². The van der Waals surface area contributed by atoms with Gasteiger partial charge < -0.3 is 10.5 Å². The lowest BCUT2D eigenvalue weighted by Crippen LogP contribution is -2.48. The maximum atomic E-state index is 12.3. The van der Waals surface area contributed by atoms with Crippen LogP contribution in [0.15, 0.2) is 0 Å². The Labute approximate surface area is 52.0 Å². The first-order valence-electron chi connectivity index (χ1n) is 2.84. The number of nitrogens with two attached hydrogens (primary N) is 1. The van der Waals surface area contributed by atoms with Crippen LogP contribution >= 0.6 is 0 Å². The molecule has 4 heteroatoms. The molecule has 1 heterocycles. The summed E-state index contributed by atoms with van der Waals surface area (Å²) in [6.07, 6.45) is 0.257. The lowest BCUT2D eigenvalue weighted by atomic mass is 10.1. The van der Waals surface area contributed by atoms with Gasteiger partial charge in [0, 0.05) is 6.61 Å². The zero-order valence-corrected chi connectivity index (χ0v) is 4.94. The molecule has 0 aromatic heterocycles. The molecular weight excluding hydrogens is 128 g/mol. The molecule has 0 aliphatic carbocycles. The lowest BCUT2D eigenvalue weighted by Gasteiger charge is -2.27. The molecule has 0 bridgehead atoms. The lowest BCUT2D eigenvalue weighted by molar-refractivity contribution is -0.127. The van der Waals surface area contributed by atoms with Gasteiger partial charge in [-0.25, -0.2) is 8.78 Å². The molecule has 0 amide bonds. The van der Waals surface area contributed by atoms with E-state index >= 15 is 0 Å². The number of halogens is 2. The topological polar surface area (TPSA) is 35.2 Å². The summed E-state index contributed by atoms with van der Waals surface area (Å²) in [5.41, 5.74) is 5.08. The standard InChI is InChI=1S/C5H9F2NO/c6-5(7)3-9-2-1-4(5)8/h4H,1-3,8H2. The van der Waals surface area contributed by atoms with E-state index in [1.54, 1.807) is 0 Å². The third kappa shape index (κ3) is 1.37. The average molecular weight is 137 g/mol. The zero-order valence-electron chi connectivity index (χ0n) is 4.94. The number of rotatable bonds is 0. The third-order valence-corrected chi connectivity index (χ3v) is 1.41. The molecule has 2 N–H and O–H groups in total. The van der Waals surface area contributed by atoms with Crippen molar-refractivity contribution in [1.29, 1.82) is 0 Å². The Bertz CT molecular complexity index is 107. The molecule has 1 fully saturated rings. The maximum Gasteiger partial charge on any atom is 0.285 e. The molecule has 0 radical (unpaired) electrons. The molecule has 0 aromatic rings. The van der Waals surface area contributed by atoms with Gasteiger partial charge >= 0.3 is 0 Å². The van der Waals surface area contributed by atoms with Gasteiger partial charge in [-0.1, -0.05) is 0 Å². The van der Waals surface area contributed by atoms with Crippen LogP contribution < -0.4 is 5.73 Å². The van der Waals surface area contributed by atoms with Crippen molar-refractivity contribution in [2.45, 2.75) is 18.4 Å². The first-order chi connectivity index (χ1) is 4.13. The van der Waals surface area contributed by atoms with Crippen LogP contribution in [0.1, 0.15) is 6.42 Å². The van der Waals surface area contributed by atoms with Gasteiger partial charge in [0.15, 0.2) is 0 Å². The van der Waals surface area contributed by atoms with E-state index in [1.807, 2.05) is 0 Å². The molecule has 1 saturated heterocycles. The molecule has 2 nitrogen and oxygen atoms in total. The second-order valence-corrected chi connectivity index (χ2v) is 2.21. The Morgan fingerprint density at radius 2 is 2.22 bits per heavy atom. The van der Waals surface area contributed by atoms with Gasteiger partial charge in [-0.15, -0.1) is 0 Å². The normalized spacial score (nSPS) is 34.3. The van der Waals surface area contributed by atoms with Crippen LogP contribution in [0.5, 0.6) is 0 Å². The number of alkyl halides is 2. The van der Waals surface area contributed by atoms with E-state index in [9.17, 15) is 8.78 Å². The number of ether oxygens (including phenoxy) is 1. The van der Waals surface area contributed by atoms with Gasteiger partial charge in [0.25, 0.3) is 5.92 Å². The number of hydrogen-bond acceptors (Lipinski definition) is 2. The second kappa shape index (κ2) is 2.19. The van der Waals surface area contributed by atoms with Gasteiger partial charge in [0.05, 0.1) is 6.04 Å². The van der Waals surface area contributed by atoms with Crippen molar-refractivity contribution < 1.29 is 13.5 Å². The monoisotopic (exact) mass is 137 g/mol. The van der Waals surface area contributed by atoms with Crippen molar-refractivity contribution in [3.8, 4) is 0 Å². The Morgan fingerprint density at radius 3 is 2.56 bits per heavy atom. The van der Waals surface area contributed by atoms with Gasteiger partial charge in [-0.3, -0.25) is 0 Å². The highest BCUT2D eigenvalue weighted by atomic mass is 19.3. The van der Waals surface area contributed by atoms with E-state index in [1.165, 1.54) is 0 Å². The molecule has 0 spiro atoms. The van der Waals surface area contributed by atoms with Crippen LogP contribution in [0.25, 0.3) is 0 Å². The molecule has 1 aliphatic heterocycles. The highest BCUT2D eigenvalue weighted by molar-refractivity contribution is 4.82. The van der Waals surface area contributed by atoms with Gasteiger partial charge in [0.1, 0.15) is 6.61 Å². The largest absolute Gasteiger partial charge is 0.375 e. The minimum absolute atomic E-state index is 0.257. The minimum Gasteiger partial charge on any atom is -0.375 e. The smallest absolute Gasteiger partial charge is 0.285 e. The SMILES string of the molecule is NC1CCOCC1(F)F. The van der Waals surface area contributed by atoms with E-state index in [-0.39, 0.29) is 6.42 Å². The van der Waals surface area contributed by atoms with E-state index < -0.39 is 18.6 Å². The van der Waals surface area contributed by atoms with Crippen LogP contribution in [0.4, 0.5) is 8.78 Å². The van der Waals surface area contributed by atoms with Gasteiger partial charge in [-0.05, 0) is 6.42 Å². The molecule has 1 unspecified atom stereocenters. The highest BCUT2D eigenvalue weighted by Crippen LogP contribution is 2.23. The molecular formula is C5H9F2NO. The molecule has 9 heavy (non-hydrogen) atoms. The molecule has 54 valence electrons. The quantitative estimate of drug-likeness (QED) is 0.523. The van der Waals surface area contributed by atoms with Crippen molar-refractivity contribution in [1.82, 2.24) is 0 Å². The average Bonchev–Trinajstić information content (AvgIpc) is 1.77.